The van der Waals surface area contributed by atoms with Gasteiger partial charge in [-0.2, -0.15) is 0 Å². The molecule has 1 aromatic carbocycles. The molecule has 2 aromatic rings. The minimum atomic E-state index is -0.441. The normalized spacial score (nSPS) is 16.7. The van der Waals surface area contributed by atoms with E-state index in [1.807, 2.05) is 31.2 Å². The number of anilines is 1. The lowest BCUT2D eigenvalue weighted by atomic mass is 10.1. The van der Waals surface area contributed by atoms with E-state index >= 15 is 0 Å². The van der Waals surface area contributed by atoms with Crippen molar-refractivity contribution in [2.45, 2.75) is 38.8 Å². The van der Waals surface area contributed by atoms with E-state index in [0.29, 0.717) is 25.3 Å². The third-order valence-electron chi connectivity index (χ3n) is 4.47. The van der Waals surface area contributed by atoms with Gasteiger partial charge in [0, 0.05) is 12.2 Å². The van der Waals surface area contributed by atoms with Gasteiger partial charge < -0.3 is 20.0 Å². The number of benzene rings is 1. The van der Waals surface area contributed by atoms with Gasteiger partial charge in [-0.25, -0.2) is 4.79 Å². The van der Waals surface area contributed by atoms with Gasteiger partial charge in [-0.3, -0.25) is 4.79 Å². The lowest BCUT2D eigenvalue weighted by Crippen LogP contribution is -2.47. The van der Waals surface area contributed by atoms with E-state index in [4.69, 9.17) is 4.42 Å². The molecule has 0 radical (unpaired) electrons. The second kappa shape index (κ2) is 7.88. The smallest absolute Gasteiger partial charge is 0.322 e. The summed E-state index contributed by atoms with van der Waals surface area (Å²) in [6.45, 7) is 2.96. The molecule has 132 valence electrons. The summed E-state index contributed by atoms with van der Waals surface area (Å²) in [5.41, 5.74) is 1.88. The molecular weight excluding hydrogens is 318 g/mol. The number of rotatable bonds is 5. The Morgan fingerprint density at radius 1 is 1.24 bits per heavy atom. The Labute approximate surface area is 147 Å². The van der Waals surface area contributed by atoms with Crippen molar-refractivity contribution in [1.29, 1.82) is 0 Å². The number of urea groups is 1. The molecule has 1 aliphatic rings. The van der Waals surface area contributed by atoms with Crippen LogP contribution in [0.3, 0.4) is 0 Å². The zero-order valence-electron chi connectivity index (χ0n) is 14.3. The van der Waals surface area contributed by atoms with Crippen LogP contribution in [0.5, 0.6) is 0 Å². The fraction of sp³-hybridized carbons (Fsp3) is 0.368. The van der Waals surface area contributed by atoms with Crippen LogP contribution in [0.2, 0.25) is 0 Å². The lowest BCUT2D eigenvalue weighted by Gasteiger charge is -2.24. The molecule has 0 spiro atoms. The van der Waals surface area contributed by atoms with Gasteiger partial charge in [0.25, 0.3) is 0 Å². The summed E-state index contributed by atoms with van der Waals surface area (Å²) in [4.78, 5) is 26.7. The Morgan fingerprint density at radius 3 is 2.84 bits per heavy atom. The van der Waals surface area contributed by atoms with Crippen LogP contribution in [-0.4, -0.2) is 29.4 Å². The monoisotopic (exact) mass is 341 g/mol. The first-order valence-corrected chi connectivity index (χ1v) is 8.64. The van der Waals surface area contributed by atoms with Crippen LogP contribution < -0.4 is 10.6 Å². The van der Waals surface area contributed by atoms with Gasteiger partial charge in [0.15, 0.2) is 0 Å². The molecule has 1 aromatic heterocycles. The van der Waals surface area contributed by atoms with E-state index in [0.717, 1.165) is 24.1 Å². The summed E-state index contributed by atoms with van der Waals surface area (Å²) in [5, 5.41) is 5.79. The van der Waals surface area contributed by atoms with Crippen molar-refractivity contribution in [2.75, 3.05) is 11.9 Å². The molecule has 3 amide bonds. The van der Waals surface area contributed by atoms with E-state index in [-0.39, 0.29) is 11.9 Å². The number of nitrogens with zero attached hydrogens (tertiary/aromatic N) is 1. The zero-order chi connectivity index (χ0) is 17.6. The fourth-order valence-corrected chi connectivity index (χ4v) is 3.13. The predicted molar refractivity (Wildman–Crippen MR) is 95.1 cm³/mol. The number of amides is 3. The molecule has 0 unspecified atom stereocenters. The molecule has 1 saturated heterocycles. The number of carbonyl (C=O) groups is 2. The van der Waals surface area contributed by atoms with E-state index in [1.165, 1.54) is 0 Å². The van der Waals surface area contributed by atoms with Crippen LogP contribution in [0, 0.1) is 0 Å². The van der Waals surface area contributed by atoms with Gasteiger partial charge in [0.05, 0.1) is 12.8 Å². The number of para-hydroxylation sites is 1. The highest BCUT2D eigenvalue weighted by Crippen LogP contribution is 2.21. The van der Waals surface area contributed by atoms with Gasteiger partial charge in [0.2, 0.25) is 5.91 Å². The lowest BCUT2D eigenvalue weighted by molar-refractivity contribution is -0.124. The van der Waals surface area contributed by atoms with E-state index in [2.05, 4.69) is 10.6 Å². The molecule has 2 heterocycles. The van der Waals surface area contributed by atoms with Gasteiger partial charge >= 0.3 is 6.03 Å². The molecule has 25 heavy (non-hydrogen) atoms. The Bertz CT molecular complexity index is 727. The summed E-state index contributed by atoms with van der Waals surface area (Å²) in [6.07, 6.45) is 3.90. The topological polar surface area (TPSA) is 74.6 Å². The van der Waals surface area contributed by atoms with Crippen LogP contribution in [0.25, 0.3) is 0 Å². The molecule has 1 aliphatic heterocycles. The first-order valence-electron chi connectivity index (χ1n) is 8.64. The molecule has 2 N–H and O–H groups in total. The van der Waals surface area contributed by atoms with E-state index < -0.39 is 6.04 Å². The van der Waals surface area contributed by atoms with Crippen LogP contribution in [0.1, 0.15) is 31.1 Å². The van der Waals surface area contributed by atoms with Crippen molar-refractivity contribution in [2.24, 2.45) is 0 Å². The maximum Gasteiger partial charge on any atom is 0.322 e. The molecule has 6 heteroatoms. The quantitative estimate of drug-likeness (QED) is 0.877. The molecule has 0 aliphatic carbocycles. The number of furan rings is 1. The first kappa shape index (κ1) is 17.1. The summed E-state index contributed by atoms with van der Waals surface area (Å²) in [5.74, 6) is 0.548. The summed E-state index contributed by atoms with van der Waals surface area (Å²) in [6, 6.07) is 10.6. The number of aryl methyl sites for hydroxylation is 1. The van der Waals surface area contributed by atoms with Gasteiger partial charge in [-0.1, -0.05) is 25.1 Å². The highest BCUT2D eigenvalue weighted by molar-refractivity contribution is 5.94. The largest absolute Gasteiger partial charge is 0.467 e. The second-order valence-corrected chi connectivity index (χ2v) is 6.09. The summed E-state index contributed by atoms with van der Waals surface area (Å²) in [7, 11) is 0. The Balaban J connectivity index is 1.62. The molecule has 0 saturated carbocycles. The van der Waals surface area contributed by atoms with Gasteiger partial charge in [-0.15, -0.1) is 0 Å². The Hall–Kier alpha value is -2.76. The second-order valence-electron chi connectivity index (χ2n) is 6.09. The van der Waals surface area contributed by atoms with Crippen molar-refractivity contribution in [3.63, 3.8) is 0 Å². The summed E-state index contributed by atoms with van der Waals surface area (Å²) < 4.78 is 5.22. The van der Waals surface area contributed by atoms with Gasteiger partial charge in [0.1, 0.15) is 11.8 Å². The molecule has 3 rings (SSSR count). The minimum Gasteiger partial charge on any atom is -0.467 e. The number of likely N-dealkylation sites (tertiary alicyclic amines) is 1. The highest BCUT2D eigenvalue weighted by Gasteiger charge is 2.34. The Kier molecular flexibility index (Phi) is 5.38. The minimum absolute atomic E-state index is 0.146. The number of carbonyl (C=O) groups excluding carboxylic acids is 2. The molecule has 1 atom stereocenters. The maximum atomic E-state index is 12.6. The Morgan fingerprint density at radius 2 is 2.08 bits per heavy atom. The third kappa shape index (κ3) is 4.02. The number of hydrogen-bond donors (Lipinski definition) is 2. The standard InChI is InChI=1S/C19H23N3O3/c1-2-14-7-3-4-9-16(14)21-19(24)22-11-5-10-17(22)18(23)20-13-15-8-6-12-25-15/h3-4,6-9,12,17H,2,5,10-11,13H2,1H3,(H,20,23)(H,21,24)/t17-/m1/s1. The molecule has 1 fully saturated rings. The predicted octanol–water partition coefficient (Wildman–Crippen LogP) is 3.15. The number of nitrogens with one attached hydrogen (secondary N) is 2. The average molecular weight is 341 g/mol. The van der Waals surface area contributed by atoms with Crippen LogP contribution >= 0.6 is 0 Å². The SMILES string of the molecule is CCc1ccccc1NC(=O)N1CCC[C@@H]1C(=O)NCc1ccco1. The van der Waals surface area contributed by atoms with Crippen molar-refractivity contribution >= 4 is 17.6 Å². The molecule has 0 bridgehead atoms. The van der Waals surface area contributed by atoms with Crippen LogP contribution in [-0.2, 0) is 17.8 Å². The zero-order valence-corrected chi connectivity index (χ0v) is 14.3. The maximum absolute atomic E-state index is 12.6. The van der Waals surface area contributed by atoms with Gasteiger partial charge in [-0.05, 0) is 43.0 Å². The number of hydrogen-bond acceptors (Lipinski definition) is 3. The van der Waals surface area contributed by atoms with Crippen LogP contribution in [0.15, 0.2) is 47.1 Å². The average Bonchev–Trinajstić information content (AvgIpc) is 3.31. The van der Waals surface area contributed by atoms with E-state index in [9.17, 15) is 9.59 Å². The fourth-order valence-electron chi connectivity index (χ4n) is 3.13. The molecular formula is C19H23N3O3. The molecule has 6 nitrogen and oxygen atoms in total. The third-order valence-corrected chi connectivity index (χ3v) is 4.47. The first-order chi connectivity index (χ1) is 12.2. The van der Waals surface area contributed by atoms with Crippen LogP contribution in [0.4, 0.5) is 10.5 Å². The van der Waals surface area contributed by atoms with Crippen molar-refractivity contribution in [3.05, 3.63) is 54.0 Å². The van der Waals surface area contributed by atoms with Crippen molar-refractivity contribution < 1.29 is 14.0 Å². The van der Waals surface area contributed by atoms with Crippen molar-refractivity contribution in [1.82, 2.24) is 10.2 Å². The summed E-state index contributed by atoms with van der Waals surface area (Å²) >= 11 is 0. The van der Waals surface area contributed by atoms with E-state index in [1.54, 1.807) is 23.3 Å². The van der Waals surface area contributed by atoms with Crippen molar-refractivity contribution in [3.8, 4) is 0 Å². The highest BCUT2D eigenvalue weighted by atomic mass is 16.3.